The molecule has 0 amide bonds. The van der Waals surface area contributed by atoms with Gasteiger partial charge >= 0.3 is 41.8 Å². The molecule has 0 unspecified atom stereocenters. The van der Waals surface area contributed by atoms with Gasteiger partial charge in [0, 0.05) is 0 Å². The van der Waals surface area contributed by atoms with Crippen molar-refractivity contribution in [2.75, 3.05) is 0 Å². The molecule has 0 aromatic heterocycles. The Morgan fingerprint density at radius 1 is 1.17 bits per heavy atom. The van der Waals surface area contributed by atoms with Gasteiger partial charge in [-0.05, 0) is 0 Å². The van der Waals surface area contributed by atoms with E-state index in [9.17, 15) is 0 Å². The molecule has 38 valence electrons. The SMILES string of the molecule is C=O.[Cl][V]([Cl])[Cl]. The number of halogens is 3. The van der Waals surface area contributed by atoms with Crippen molar-refractivity contribution in [3.8, 4) is 0 Å². The van der Waals surface area contributed by atoms with Crippen LogP contribution in [0.5, 0.6) is 0 Å². The molecule has 0 aliphatic carbocycles. The van der Waals surface area contributed by atoms with Crippen molar-refractivity contribution in [2.24, 2.45) is 0 Å². The van der Waals surface area contributed by atoms with Gasteiger partial charge in [0.1, 0.15) is 6.79 Å². The molecule has 0 saturated carbocycles. The van der Waals surface area contributed by atoms with E-state index in [1.54, 1.807) is 0 Å². The number of hydrogen-bond acceptors (Lipinski definition) is 1. The Bertz CT molecular complexity index is 22.0. The molecule has 0 atom stereocenters. The van der Waals surface area contributed by atoms with Crippen molar-refractivity contribution in [2.45, 2.75) is 0 Å². The summed E-state index contributed by atoms with van der Waals surface area (Å²) in [4.78, 5) is 8.00. The van der Waals surface area contributed by atoms with Crippen molar-refractivity contribution in [3.63, 3.8) is 0 Å². The zero-order valence-corrected chi connectivity index (χ0v) is 6.36. The third kappa shape index (κ3) is 68.9. The van der Waals surface area contributed by atoms with E-state index in [1.165, 1.54) is 0 Å². The van der Waals surface area contributed by atoms with Gasteiger partial charge in [-0.3, -0.25) is 0 Å². The molecule has 0 bridgehead atoms. The third-order valence-corrected chi connectivity index (χ3v) is 0. The predicted molar refractivity (Wildman–Crippen MR) is 24.7 cm³/mol. The third-order valence-electron chi connectivity index (χ3n) is 0. The van der Waals surface area contributed by atoms with Gasteiger partial charge in [0.05, 0.1) is 0 Å². The van der Waals surface area contributed by atoms with Gasteiger partial charge in [0.15, 0.2) is 0 Å². The van der Waals surface area contributed by atoms with Crippen LogP contribution in [0.2, 0.25) is 0 Å². The first-order valence-electron chi connectivity index (χ1n) is 0.796. The molecule has 0 fully saturated rings. The van der Waals surface area contributed by atoms with E-state index in [2.05, 4.69) is 0 Å². The van der Waals surface area contributed by atoms with Crippen LogP contribution in [0.4, 0.5) is 0 Å². The first-order chi connectivity index (χ1) is 2.73. The Labute approximate surface area is 53.4 Å². The van der Waals surface area contributed by atoms with E-state index in [1.807, 2.05) is 6.79 Å². The topological polar surface area (TPSA) is 17.1 Å². The average molecular weight is 187 g/mol. The van der Waals surface area contributed by atoms with Crippen LogP contribution in [0, 0.1) is 0 Å². The molecule has 0 heterocycles. The van der Waals surface area contributed by atoms with Gasteiger partial charge in [-0.1, -0.05) is 0 Å². The summed E-state index contributed by atoms with van der Waals surface area (Å²) in [6.07, 6.45) is 0. The quantitative estimate of drug-likeness (QED) is 0.566. The van der Waals surface area contributed by atoms with Crippen molar-refractivity contribution >= 4 is 36.3 Å². The predicted octanol–water partition coefficient (Wildman–Crippen LogP) is 1.88. The van der Waals surface area contributed by atoms with Crippen molar-refractivity contribution in [3.05, 3.63) is 0 Å². The number of rotatable bonds is 0. The number of hydrogen-bond donors (Lipinski definition) is 0. The summed E-state index contributed by atoms with van der Waals surface area (Å²) < 4.78 is 0. The Kier molecular flexibility index (Phi) is 16.0. The van der Waals surface area contributed by atoms with Gasteiger partial charge in [-0.2, -0.15) is 0 Å². The molecular weight excluding hydrogens is 185 g/mol. The van der Waals surface area contributed by atoms with E-state index in [-0.39, 0.29) is 0 Å². The maximum atomic E-state index is 8.00. The first kappa shape index (κ1) is 10.2. The first-order valence-corrected chi connectivity index (χ1v) is 6.56. The minimum atomic E-state index is -1.77. The average Bonchev–Trinajstić information content (AvgIpc) is 1.41. The standard InChI is InChI=1S/CH2O.3ClH.V/c1-2;;;;/h1H2;3*1H;/q;;;;+3/p-3. The molecule has 1 nitrogen and oxygen atoms in total. The monoisotopic (exact) mass is 186 g/mol. The normalized spacial score (nSPS) is 6.67. The molecular formula is CH2Cl3OV. The van der Waals surface area contributed by atoms with E-state index < -0.39 is 12.3 Å². The molecule has 0 aromatic rings. The molecule has 0 aliphatic rings. The van der Waals surface area contributed by atoms with E-state index in [0.717, 1.165) is 0 Å². The molecule has 0 spiro atoms. The molecule has 0 radical (unpaired) electrons. The Morgan fingerprint density at radius 2 is 1.17 bits per heavy atom. The van der Waals surface area contributed by atoms with Crippen molar-refractivity contribution < 1.29 is 17.1 Å². The maximum absolute atomic E-state index is 8.00. The zero-order chi connectivity index (χ0) is 5.58. The molecule has 0 saturated heterocycles. The van der Waals surface area contributed by atoms with Crippen LogP contribution in [0.25, 0.3) is 0 Å². The minimum absolute atomic E-state index is 1.77. The van der Waals surface area contributed by atoms with E-state index in [0.29, 0.717) is 0 Å². The Morgan fingerprint density at radius 3 is 1.17 bits per heavy atom. The summed E-state index contributed by atoms with van der Waals surface area (Å²) in [6.45, 7) is 2.00. The summed E-state index contributed by atoms with van der Waals surface area (Å²) >= 11 is -1.77. The summed E-state index contributed by atoms with van der Waals surface area (Å²) in [6, 6.07) is 0. The van der Waals surface area contributed by atoms with Gasteiger partial charge in [0.2, 0.25) is 0 Å². The molecule has 0 N–H and O–H groups in total. The molecule has 5 heteroatoms. The van der Waals surface area contributed by atoms with Gasteiger partial charge in [-0.25, -0.2) is 0 Å². The second kappa shape index (κ2) is 9.45. The van der Waals surface area contributed by atoms with Crippen LogP contribution >= 0.6 is 29.5 Å². The summed E-state index contributed by atoms with van der Waals surface area (Å²) in [7, 11) is 14.9. The number of carbonyl (C=O) groups is 1. The summed E-state index contributed by atoms with van der Waals surface area (Å²) in [5.41, 5.74) is 0. The fourth-order valence-corrected chi connectivity index (χ4v) is 0. The molecule has 0 aromatic carbocycles. The van der Waals surface area contributed by atoms with Gasteiger partial charge < -0.3 is 4.79 Å². The van der Waals surface area contributed by atoms with E-state index >= 15 is 0 Å². The van der Waals surface area contributed by atoms with Crippen LogP contribution in [-0.2, 0) is 17.1 Å². The fourth-order valence-electron chi connectivity index (χ4n) is 0. The fraction of sp³-hybridized carbons (Fsp3) is 0. The number of carbonyl (C=O) groups excluding carboxylic acids is 1. The van der Waals surface area contributed by atoms with Gasteiger partial charge in [0.25, 0.3) is 0 Å². The van der Waals surface area contributed by atoms with Crippen LogP contribution in [0.1, 0.15) is 0 Å². The van der Waals surface area contributed by atoms with E-state index in [4.69, 9.17) is 34.3 Å². The second-order valence-corrected chi connectivity index (χ2v) is 7.11. The summed E-state index contributed by atoms with van der Waals surface area (Å²) in [5, 5.41) is 0. The second-order valence-electron chi connectivity index (χ2n) is 0.192. The Balaban J connectivity index is 0. The zero-order valence-electron chi connectivity index (χ0n) is 2.70. The summed E-state index contributed by atoms with van der Waals surface area (Å²) in [5.74, 6) is 0. The molecule has 6 heavy (non-hydrogen) atoms. The Hall–Kier alpha value is 1.12. The molecule has 0 aliphatic heterocycles. The van der Waals surface area contributed by atoms with Gasteiger partial charge in [-0.15, -0.1) is 0 Å². The molecule has 0 rings (SSSR count). The van der Waals surface area contributed by atoms with Crippen molar-refractivity contribution in [1.29, 1.82) is 0 Å². The van der Waals surface area contributed by atoms with Crippen molar-refractivity contribution in [1.82, 2.24) is 0 Å². The van der Waals surface area contributed by atoms with Crippen LogP contribution in [0.15, 0.2) is 0 Å². The van der Waals surface area contributed by atoms with Crippen LogP contribution < -0.4 is 0 Å². The van der Waals surface area contributed by atoms with Crippen LogP contribution in [0.3, 0.4) is 0 Å². The van der Waals surface area contributed by atoms with Crippen LogP contribution in [-0.4, -0.2) is 6.79 Å².